The Labute approximate surface area is 285 Å². The van der Waals surface area contributed by atoms with Crippen LogP contribution in [-0.2, 0) is 5.41 Å². The first kappa shape index (κ1) is 29.3. The second-order valence-corrected chi connectivity index (χ2v) is 14.9. The standard InChI is InChI=1S/C47H43N/c1-47(2)44-19-10-9-16-41(44)42-29-28-38(31-45(42)47)48(37-26-24-36(25-27-37)43-30-32-20-22-35(43)23-21-32)46-39(33-12-5-3-6-13-33)17-11-18-40(46)34-14-7-4-8-15-34/h3-19,24-29,31-32,35,43H,20-23,30H2,1-2H3. The minimum atomic E-state index is -0.0844. The zero-order valence-corrected chi connectivity index (χ0v) is 28.1. The summed E-state index contributed by atoms with van der Waals surface area (Å²) in [5.74, 6) is 2.47. The van der Waals surface area contributed by atoms with Crippen LogP contribution < -0.4 is 4.90 Å². The number of nitrogens with zero attached hydrogens (tertiary/aromatic N) is 1. The maximum absolute atomic E-state index is 2.54. The van der Waals surface area contributed by atoms with Gasteiger partial charge in [-0.1, -0.05) is 148 Å². The van der Waals surface area contributed by atoms with Crippen LogP contribution in [0.15, 0.2) is 146 Å². The highest BCUT2D eigenvalue weighted by molar-refractivity contribution is 5.98. The minimum Gasteiger partial charge on any atom is -0.309 e. The van der Waals surface area contributed by atoms with Crippen LogP contribution in [0, 0.1) is 11.8 Å². The van der Waals surface area contributed by atoms with E-state index in [0.717, 1.165) is 11.8 Å². The fourth-order valence-corrected chi connectivity index (χ4v) is 9.38. The number of anilines is 3. The molecule has 0 saturated heterocycles. The van der Waals surface area contributed by atoms with Gasteiger partial charge in [0.2, 0.25) is 0 Å². The van der Waals surface area contributed by atoms with Crippen LogP contribution in [0.4, 0.5) is 17.1 Å². The Kier molecular flexibility index (Phi) is 7.12. The van der Waals surface area contributed by atoms with Crippen LogP contribution in [0.3, 0.4) is 0 Å². The van der Waals surface area contributed by atoms with E-state index in [1.807, 2.05) is 0 Å². The maximum Gasteiger partial charge on any atom is 0.0618 e. The van der Waals surface area contributed by atoms with Crippen LogP contribution in [0.1, 0.15) is 68.6 Å². The summed E-state index contributed by atoms with van der Waals surface area (Å²) in [6, 6.07) is 54.5. The summed E-state index contributed by atoms with van der Waals surface area (Å²) in [6.45, 7) is 4.76. The number of para-hydroxylation sites is 1. The predicted molar refractivity (Wildman–Crippen MR) is 202 cm³/mol. The Hall–Kier alpha value is -4.88. The minimum absolute atomic E-state index is 0.0844. The summed E-state index contributed by atoms with van der Waals surface area (Å²) in [5.41, 5.74) is 15.5. The molecule has 1 nitrogen and oxygen atoms in total. The highest BCUT2D eigenvalue weighted by Crippen LogP contribution is 2.53. The Balaban J connectivity index is 1.26. The van der Waals surface area contributed by atoms with Crippen molar-refractivity contribution in [2.75, 3.05) is 4.90 Å². The molecule has 6 aromatic carbocycles. The SMILES string of the molecule is CC1(C)c2ccccc2-c2ccc(N(c3ccc(C4CC5CCC4CC5)cc3)c3c(-c4ccccc4)cccc3-c3ccccc3)cc21. The fraction of sp³-hybridized carbons (Fsp3) is 0.234. The van der Waals surface area contributed by atoms with Crippen LogP contribution in [-0.4, -0.2) is 0 Å². The van der Waals surface area contributed by atoms with Crippen LogP contribution >= 0.6 is 0 Å². The van der Waals surface area contributed by atoms with Crippen molar-refractivity contribution in [1.29, 1.82) is 0 Å². The van der Waals surface area contributed by atoms with Crippen molar-refractivity contribution in [3.05, 3.63) is 162 Å². The molecule has 4 aliphatic carbocycles. The van der Waals surface area contributed by atoms with E-state index in [1.165, 1.54) is 99.2 Å². The smallest absolute Gasteiger partial charge is 0.0618 e. The molecule has 4 aliphatic rings. The topological polar surface area (TPSA) is 3.24 Å². The predicted octanol–water partition coefficient (Wildman–Crippen LogP) is 13.1. The van der Waals surface area contributed by atoms with Gasteiger partial charge in [-0.2, -0.15) is 0 Å². The lowest BCUT2D eigenvalue weighted by molar-refractivity contribution is 0.145. The first-order valence-corrected chi connectivity index (χ1v) is 17.9. The summed E-state index contributed by atoms with van der Waals surface area (Å²) in [4.78, 5) is 2.54. The van der Waals surface area contributed by atoms with Gasteiger partial charge in [-0.05, 0) is 100 Å². The second-order valence-electron chi connectivity index (χ2n) is 14.9. The average Bonchev–Trinajstić information content (AvgIpc) is 3.39. The average molecular weight is 622 g/mol. The lowest BCUT2D eigenvalue weighted by Crippen LogP contribution is -2.29. The van der Waals surface area contributed by atoms with E-state index in [1.54, 1.807) is 0 Å². The van der Waals surface area contributed by atoms with Gasteiger partial charge in [0.15, 0.2) is 0 Å². The summed E-state index contributed by atoms with van der Waals surface area (Å²) in [5, 5.41) is 0. The molecule has 0 N–H and O–H groups in total. The van der Waals surface area contributed by atoms with Crippen molar-refractivity contribution in [3.63, 3.8) is 0 Å². The number of benzene rings is 6. The summed E-state index contributed by atoms with van der Waals surface area (Å²) in [6.07, 6.45) is 7.04. The Bertz CT molecular complexity index is 2020. The van der Waals surface area contributed by atoms with Crippen LogP contribution in [0.2, 0.25) is 0 Å². The first-order chi connectivity index (χ1) is 23.6. The lowest BCUT2D eigenvalue weighted by Gasteiger charge is -2.42. The van der Waals surface area contributed by atoms with Gasteiger partial charge >= 0.3 is 0 Å². The lowest BCUT2D eigenvalue weighted by atomic mass is 9.63. The number of rotatable bonds is 6. The highest BCUT2D eigenvalue weighted by Gasteiger charge is 2.37. The molecule has 10 rings (SSSR count). The van der Waals surface area contributed by atoms with Crippen molar-refractivity contribution < 1.29 is 0 Å². The largest absolute Gasteiger partial charge is 0.309 e. The van der Waals surface area contributed by atoms with E-state index in [-0.39, 0.29) is 5.41 Å². The normalized spacial score (nSPS) is 20.2. The third-order valence-electron chi connectivity index (χ3n) is 11.9. The number of hydrogen-bond acceptors (Lipinski definition) is 1. The highest BCUT2D eigenvalue weighted by atomic mass is 15.1. The van der Waals surface area contributed by atoms with Crippen molar-refractivity contribution in [2.24, 2.45) is 11.8 Å². The molecule has 48 heavy (non-hydrogen) atoms. The number of fused-ring (bicyclic) bond motifs is 6. The summed E-state index contributed by atoms with van der Waals surface area (Å²) >= 11 is 0. The van der Waals surface area contributed by atoms with E-state index in [2.05, 4.69) is 164 Å². The molecule has 1 heteroatoms. The van der Waals surface area contributed by atoms with E-state index < -0.39 is 0 Å². The van der Waals surface area contributed by atoms with E-state index in [4.69, 9.17) is 0 Å². The molecule has 236 valence electrons. The van der Waals surface area contributed by atoms with Crippen molar-refractivity contribution in [1.82, 2.24) is 0 Å². The van der Waals surface area contributed by atoms with Crippen LogP contribution in [0.25, 0.3) is 33.4 Å². The molecule has 3 fully saturated rings. The van der Waals surface area contributed by atoms with Crippen molar-refractivity contribution in [3.8, 4) is 33.4 Å². The molecule has 0 spiro atoms. The molecule has 1 atom stereocenters. The molecule has 0 amide bonds. The van der Waals surface area contributed by atoms with Gasteiger partial charge in [0.1, 0.15) is 0 Å². The molecule has 2 bridgehead atoms. The Morgan fingerprint density at radius 3 is 1.69 bits per heavy atom. The Morgan fingerprint density at radius 2 is 1.06 bits per heavy atom. The van der Waals surface area contributed by atoms with E-state index >= 15 is 0 Å². The van der Waals surface area contributed by atoms with Gasteiger partial charge in [-0.25, -0.2) is 0 Å². The Morgan fingerprint density at radius 1 is 0.500 bits per heavy atom. The molecular formula is C47H43N. The third-order valence-corrected chi connectivity index (χ3v) is 11.9. The first-order valence-electron chi connectivity index (χ1n) is 17.9. The second kappa shape index (κ2) is 11.7. The molecule has 6 aromatic rings. The monoisotopic (exact) mass is 621 g/mol. The van der Waals surface area contributed by atoms with Gasteiger partial charge in [-0.15, -0.1) is 0 Å². The van der Waals surface area contributed by atoms with E-state index in [0.29, 0.717) is 5.92 Å². The molecule has 1 unspecified atom stereocenters. The maximum atomic E-state index is 2.54. The fourth-order valence-electron chi connectivity index (χ4n) is 9.38. The summed E-state index contributed by atoms with van der Waals surface area (Å²) < 4.78 is 0. The molecule has 0 aliphatic heterocycles. The van der Waals surface area contributed by atoms with Gasteiger partial charge in [0.25, 0.3) is 0 Å². The van der Waals surface area contributed by atoms with Gasteiger partial charge < -0.3 is 4.90 Å². The zero-order valence-electron chi connectivity index (χ0n) is 28.1. The molecular weight excluding hydrogens is 579 g/mol. The van der Waals surface area contributed by atoms with Gasteiger partial charge in [0.05, 0.1) is 5.69 Å². The summed E-state index contributed by atoms with van der Waals surface area (Å²) in [7, 11) is 0. The quantitative estimate of drug-likeness (QED) is 0.179. The van der Waals surface area contributed by atoms with Crippen LogP contribution in [0.5, 0.6) is 0 Å². The van der Waals surface area contributed by atoms with E-state index in [9.17, 15) is 0 Å². The van der Waals surface area contributed by atoms with Gasteiger partial charge in [-0.3, -0.25) is 0 Å². The van der Waals surface area contributed by atoms with Gasteiger partial charge in [0, 0.05) is 27.9 Å². The zero-order chi connectivity index (χ0) is 32.2. The number of hydrogen-bond donors (Lipinski definition) is 0. The molecule has 3 saturated carbocycles. The molecule has 0 radical (unpaired) electrons. The van der Waals surface area contributed by atoms with Crippen molar-refractivity contribution >= 4 is 17.1 Å². The third kappa shape index (κ3) is 4.83. The van der Waals surface area contributed by atoms with Crippen molar-refractivity contribution in [2.45, 2.75) is 57.3 Å². The molecule has 0 aromatic heterocycles. The molecule has 0 heterocycles.